The number of carboxylic acids is 1. The maximum atomic E-state index is 12.2. The minimum atomic E-state index is -0.971. The first kappa shape index (κ1) is 12.1. The van der Waals surface area contributed by atoms with Gasteiger partial charge >= 0.3 is 5.97 Å². The summed E-state index contributed by atoms with van der Waals surface area (Å²) in [6.45, 7) is 2.07. The Morgan fingerprint density at radius 3 is 2.82 bits per heavy atom. The van der Waals surface area contributed by atoms with E-state index in [0.29, 0.717) is 35.3 Å². The normalized spacial score (nSPS) is 19.6. The summed E-state index contributed by atoms with van der Waals surface area (Å²) < 4.78 is 5.20. The van der Waals surface area contributed by atoms with Crippen molar-refractivity contribution in [2.45, 2.75) is 25.8 Å². The lowest BCUT2D eigenvalue weighted by Crippen LogP contribution is -2.40. The zero-order valence-electron chi connectivity index (χ0n) is 9.14. The Hall–Kier alpha value is -1.37. The van der Waals surface area contributed by atoms with Gasteiger partial charge in [0.2, 0.25) is 0 Å². The number of halogens is 1. The highest BCUT2D eigenvalue weighted by Crippen LogP contribution is 2.25. The fourth-order valence-electron chi connectivity index (χ4n) is 1.99. The molecule has 0 spiro atoms. The van der Waals surface area contributed by atoms with Gasteiger partial charge in [-0.2, -0.15) is 0 Å². The highest BCUT2D eigenvalue weighted by atomic mass is 79.9. The van der Waals surface area contributed by atoms with E-state index in [0.717, 1.165) is 0 Å². The van der Waals surface area contributed by atoms with Crippen molar-refractivity contribution >= 4 is 27.8 Å². The molecule has 92 valence electrons. The Kier molecular flexibility index (Phi) is 3.19. The van der Waals surface area contributed by atoms with Gasteiger partial charge in [0.15, 0.2) is 4.60 Å². The van der Waals surface area contributed by atoms with Crippen molar-refractivity contribution in [2.75, 3.05) is 6.54 Å². The van der Waals surface area contributed by atoms with Gasteiger partial charge < -0.3 is 14.5 Å². The monoisotopic (exact) mass is 302 g/mol. The van der Waals surface area contributed by atoms with Crippen LogP contribution in [0.25, 0.3) is 0 Å². The highest BCUT2D eigenvalue weighted by molar-refractivity contribution is 9.10. The number of likely N-dealkylation sites (tertiary alicyclic amines) is 1. The van der Waals surface area contributed by atoms with Crippen molar-refractivity contribution in [3.05, 3.63) is 15.9 Å². The van der Waals surface area contributed by atoms with E-state index in [9.17, 15) is 9.59 Å². The van der Waals surface area contributed by atoms with Gasteiger partial charge in [0, 0.05) is 6.54 Å². The minimum Gasteiger partial charge on any atom is -0.480 e. The van der Waals surface area contributed by atoms with E-state index in [2.05, 4.69) is 21.1 Å². The minimum absolute atomic E-state index is 0.304. The van der Waals surface area contributed by atoms with Crippen molar-refractivity contribution in [3.63, 3.8) is 0 Å². The van der Waals surface area contributed by atoms with Crippen LogP contribution in [0, 0.1) is 6.92 Å². The molecule has 1 atom stereocenters. The van der Waals surface area contributed by atoms with Gasteiger partial charge in [0.25, 0.3) is 5.91 Å². The number of carboxylic acid groups (broad SMARTS) is 1. The molecule has 1 aliphatic heterocycles. The molecule has 0 bridgehead atoms. The summed E-state index contributed by atoms with van der Waals surface area (Å²) in [4.78, 5) is 24.6. The van der Waals surface area contributed by atoms with Crippen LogP contribution in [0.3, 0.4) is 0 Å². The predicted molar refractivity (Wildman–Crippen MR) is 60.6 cm³/mol. The molecule has 7 heteroatoms. The molecule has 2 heterocycles. The first-order valence-corrected chi connectivity index (χ1v) is 5.97. The van der Waals surface area contributed by atoms with Crippen molar-refractivity contribution in [2.24, 2.45) is 0 Å². The first-order valence-electron chi connectivity index (χ1n) is 5.18. The van der Waals surface area contributed by atoms with Crippen LogP contribution in [0.15, 0.2) is 9.13 Å². The van der Waals surface area contributed by atoms with E-state index in [1.807, 2.05) is 0 Å². The van der Waals surface area contributed by atoms with Crippen LogP contribution in [0.4, 0.5) is 0 Å². The third-order valence-electron chi connectivity index (χ3n) is 2.83. The Balaban J connectivity index is 2.29. The molecule has 17 heavy (non-hydrogen) atoms. The molecule has 0 aliphatic carbocycles. The molecule has 1 N–H and O–H groups in total. The fraction of sp³-hybridized carbons (Fsp3) is 0.500. The lowest BCUT2D eigenvalue weighted by molar-refractivity contribution is -0.141. The number of nitrogens with zero attached hydrogens (tertiary/aromatic N) is 2. The molecule has 1 aliphatic rings. The quantitative estimate of drug-likeness (QED) is 0.893. The Bertz CT molecular complexity index is 451. The Labute approximate surface area is 106 Å². The van der Waals surface area contributed by atoms with Crippen molar-refractivity contribution in [3.8, 4) is 0 Å². The maximum Gasteiger partial charge on any atom is 0.326 e. The summed E-state index contributed by atoms with van der Waals surface area (Å²) in [6.07, 6.45) is 1.19. The average Bonchev–Trinajstić information content (AvgIpc) is 2.85. The van der Waals surface area contributed by atoms with E-state index in [1.165, 1.54) is 4.90 Å². The Morgan fingerprint density at radius 2 is 2.29 bits per heavy atom. The van der Waals surface area contributed by atoms with Crippen molar-refractivity contribution < 1.29 is 19.2 Å². The largest absolute Gasteiger partial charge is 0.480 e. The van der Waals surface area contributed by atoms with Crippen LogP contribution in [-0.2, 0) is 4.79 Å². The smallest absolute Gasteiger partial charge is 0.326 e. The number of hydrogen-bond donors (Lipinski definition) is 1. The van der Waals surface area contributed by atoms with Crippen molar-refractivity contribution in [1.82, 2.24) is 10.1 Å². The van der Waals surface area contributed by atoms with E-state index in [1.54, 1.807) is 6.92 Å². The number of hydrogen-bond acceptors (Lipinski definition) is 4. The number of aliphatic carboxylic acids is 1. The predicted octanol–water partition coefficient (Wildman–Crippen LogP) is 1.43. The third kappa shape index (κ3) is 2.06. The second-order valence-electron chi connectivity index (χ2n) is 3.90. The molecule has 1 aromatic rings. The summed E-state index contributed by atoms with van der Waals surface area (Å²) in [6, 6.07) is -0.747. The van der Waals surface area contributed by atoms with Gasteiger partial charge in [0.05, 0.1) is 0 Å². The van der Waals surface area contributed by atoms with Crippen LogP contribution in [0.2, 0.25) is 0 Å². The van der Waals surface area contributed by atoms with Crippen LogP contribution < -0.4 is 0 Å². The molecule has 1 amide bonds. The molecule has 2 rings (SSSR count). The molecule has 1 saturated heterocycles. The Morgan fingerprint density at radius 1 is 1.59 bits per heavy atom. The fourth-order valence-corrected chi connectivity index (χ4v) is 2.52. The lowest BCUT2D eigenvalue weighted by atomic mass is 10.2. The molecule has 1 aromatic heterocycles. The number of carbonyl (C=O) groups excluding carboxylic acids is 1. The maximum absolute atomic E-state index is 12.2. The molecule has 1 fully saturated rings. The van der Waals surface area contributed by atoms with Crippen LogP contribution >= 0.6 is 15.9 Å². The summed E-state index contributed by atoms with van der Waals surface area (Å²) in [5.74, 6) is -0.931. The van der Waals surface area contributed by atoms with Gasteiger partial charge in [-0.25, -0.2) is 4.79 Å². The van der Waals surface area contributed by atoms with E-state index in [-0.39, 0.29) is 5.91 Å². The van der Waals surface area contributed by atoms with Gasteiger partial charge in [-0.3, -0.25) is 4.79 Å². The number of carbonyl (C=O) groups is 2. The second-order valence-corrected chi connectivity index (χ2v) is 4.65. The SMILES string of the molecule is Cc1onc(Br)c1C(=O)N1CCC[C@@H]1C(=O)O. The van der Waals surface area contributed by atoms with Crippen LogP contribution in [0.5, 0.6) is 0 Å². The average molecular weight is 303 g/mol. The van der Waals surface area contributed by atoms with Gasteiger partial charge in [-0.05, 0) is 35.7 Å². The standard InChI is InChI=1S/C10H11BrN2O4/c1-5-7(8(11)12-17-5)9(14)13-4-2-3-6(13)10(15)16/h6H,2-4H2,1H3,(H,15,16)/t6-/m1/s1. The molecule has 0 saturated carbocycles. The molecule has 6 nitrogen and oxygen atoms in total. The van der Waals surface area contributed by atoms with Gasteiger partial charge in [-0.1, -0.05) is 5.16 Å². The molecule has 0 radical (unpaired) electrons. The summed E-state index contributed by atoms with van der Waals surface area (Å²) in [7, 11) is 0. The molecular weight excluding hydrogens is 292 g/mol. The second kappa shape index (κ2) is 4.48. The summed E-state index contributed by atoms with van der Waals surface area (Å²) >= 11 is 3.12. The molecule has 0 aromatic carbocycles. The zero-order valence-corrected chi connectivity index (χ0v) is 10.7. The van der Waals surface area contributed by atoms with Crippen LogP contribution in [-0.4, -0.2) is 39.6 Å². The lowest BCUT2D eigenvalue weighted by Gasteiger charge is -2.20. The van der Waals surface area contributed by atoms with E-state index >= 15 is 0 Å². The van der Waals surface area contributed by atoms with Gasteiger partial charge in [0.1, 0.15) is 17.4 Å². The third-order valence-corrected chi connectivity index (χ3v) is 3.37. The van der Waals surface area contributed by atoms with Crippen molar-refractivity contribution in [1.29, 1.82) is 0 Å². The van der Waals surface area contributed by atoms with E-state index in [4.69, 9.17) is 9.63 Å². The van der Waals surface area contributed by atoms with Gasteiger partial charge in [-0.15, -0.1) is 0 Å². The van der Waals surface area contributed by atoms with E-state index < -0.39 is 12.0 Å². The number of amides is 1. The zero-order chi connectivity index (χ0) is 12.6. The number of aryl methyl sites for hydroxylation is 1. The number of rotatable bonds is 2. The number of aromatic nitrogens is 1. The first-order chi connectivity index (χ1) is 8.02. The summed E-state index contributed by atoms with van der Waals surface area (Å²) in [5.41, 5.74) is 0.304. The summed E-state index contributed by atoms with van der Waals surface area (Å²) in [5, 5.41) is 12.6. The van der Waals surface area contributed by atoms with Crippen LogP contribution in [0.1, 0.15) is 29.0 Å². The molecular formula is C10H11BrN2O4. The topological polar surface area (TPSA) is 83.6 Å². The molecule has 0 unspecified atom stereocenters. The highest BCUT2D eigenvalue weighted by Gasteiger charge is 2.36.